The van der Waals surface area contributed by atoms with Crippen molar-refractivity contribution in [2.24, 2.45) is 23.7 Å². The van der Waals surface area contributed by atoms with Gasteiger partial charge in [0.2, 0.25) is 0 Å². The summed E-state index contributed by atoms with van der Waals surface area (Å²) >= 11 is 0. The van der Waals surface area contributed by atoms with E-state index in [0.717, 1.165) is 32.0 Å². The Morgan fingerprint density at radius 1 is 1.00 bits per heavy atom. The lowest BCUT2D eigenvalue weighted by Crippen LogP contribution is -2.64. The van der Waals surface area contributed by atoms with E-state index in [2.05, 4.69) is 0 Å². The van der Waals surface area contributed by atoms with Gasteiger partial charge in [0.1, 0.15) is 0 Å². The second-order valence-corrected chi connectivity index (χ2v) is 5.78. The van der Waals surface area contributed by atoms with E-state index in [9.17, 15) is 5.11 Å². The average molecular weight is 210 g/mol. The molecule has 3 heteroatoms. The van der Waals surface area contributed by atoms with Crippen molar-refractivity contribution in [1.29, 1.82) is 0 Å². The number of hydrogen-bond donors (Lipinski definition) is 1. The molecule has 0 amide bonds. The van der Waals surface area contributed by atoms with E-state index in [1.807, 2.05) is 0 Å². The molecule has 5 atom stereocenters. The van der Waals surface area contributed by atoms with Crippen LogP contribution in [0.4, 0.5) is 0 Å². The third-order valence-corrected chi connectivity index (χ3v) is 5.15. The van der Waals surface area contributed by atoms with Gasteiger partial charge in [0, 0.05) is 11.8 Å². The van der Waals surface area contributed by atoms with Crippen LogP contribution in [0.5, 0.6) is 0 Å². The predicted octanol–water partition coefficient (Wildman–Crippen LogP) is 1.16. The van der Waals surface area contributed by atoms with Crippen LogP contribution in [0, 0.1) is 23.7 Å². The van der Waals surface area contributed by atoms with Gasteiger partial charge in [-0.25, -0.2) is 0 Å². The van der Waals surface area contributed by atoms with Crippen LogP contribution < -0.4 is 0 Å². The van der Waals surface area contributed by atoms with Crippen LogP contribution in [-0.2, 0) is 9.47 Å². The van der Waals surface area contributed by atoms with Gasteiger partial charge in [-0.05, 0) is 37.5 Å². The van der Waals surface area contributed by atoms with Crippen LogP contribution in [0.15, 0.2) is 0 Å². The van der Waals surface area contributed by atoms with Crippen molar-refractivity contribution in [2.45, 2.75) is 37.6 Å². The normalized spacial score (nSPS) is 55.4. The SMILES string of the molecule is OC1C2CC3CC(C2)C2(OCCO2)C1C3. The quantitative estimate of drug-likeness (QED) is 0.652. The third-order valence-electron chi connectivity index (χ3n) is 5.15. The summed E-state index contributed by atoms with van der Waals surface area (Å²) in [5.74, 6) is 1.81. The van der Waals surface area contributed by atoms with Crippen molar-refractivity contribution in [3.63, 3.8) is 0 Å². The first-order chi connectivity index (χ1) is 7.29. The largest absolute Gasteiger partial charge is 0.392 e. The minimum absolute atomic E-state index is 0.170. The highest BCUT2D eigenvalue weighted by atomic mass is 16.7. The molecule has 1 spiro atoms. The summed E-state index contributed by atoms with van der Waals surface area (Å²) in [5, 5.41) is 10.3. The number of aliphatic hydroxyl groups excluding tert-OH is 1. The maximum Gasteiger partial charge on any atom is 0.176 e. The number of aliphatic hydroxyl groups is 1. The smallest absolute Gasteiger partial charge is 0.176 e. The fraction of sp³-hybridized carbons (Fsp3) is 1.00. The zero-order valence-corrected chi connectivity index (χ0v) is 8.89. The summed E-state index contributed by atoms with van der Waals surface area (Å²) in [7, 11) is 0. The number of rotatable bonds is 0. The van der Waals surface area contributed by atoms with Crippen LogP contribution >= 0.6 is 0 Å². The summed E-state index contributed by atoms with van der Waals surface area (Å²) in [6, 6.07) is 0. The first-order valence-electron chi connectivity index (χ1n) is 6.25. The fourth-order valence-corrected chi connectivity index (χ4v) is 4.71. The Bertz CT molecular complexity index is 285. The van der Waals surface area contributed by atoms with Gasteiger partial charge in [0.25, 0.3) is 0 Å². The molecule has 1 aliphatic heterocycles. The topological polar surface area (TPSA) is 38.7 Å². The van der Waals surface area contributed by atoms with Gasteiger partial charge in [-0.1, -0.05) is 0 Å². The summed E-state index contributed by atoms with van der Waals surface area (Å²) in [6.07, 6.45) is 4.57. The Morgan fingerprint density at radius 2 is 1.80 bits per heavy atom. The second kappa shape index (κ2) is 2.76. The highest BCUT2D eigenvalue weighted by Gasteiger charge is 2.64. The van der Waals surface area contributed by atoms with Crippen molar-refractivity contribution >= 4 is 0 Å². The molecular formula is C12H18O3. The predicted molar refractivity (Wildman–Crippen MR) is 53.1 cm³/mol. The maximum atomic E-state index is 10.3. The zero-order chi connectivity index (χ0) is 10.0. The van der Waals surface area contributed by atoms with Crippen LogP contribution in [0.25, 0.3) is 0 Å². The highest BCUT2D eigenvalue weighted by molar-refractivity contribution is 5.08. The van der Waals surface area contributed by atoms with Crippen molar-refractivity contribution in [1.82, 2.24) is 0 Å². The molecule has 4 aliphatic carbocycles. The van der Waals surface area contributed by atoms with Gasteiger partial charge in [-0.2, -0.15) is 0 Å². The lowest BCUT2D eigenvalue weighted by molar-refractivity contribution is -0.314. The third kappa shape index (κ3) is 0.973. The van der Waals surface area contributed by atoms with Crippen molar-refractivity contribution in [3.8, 4) is 0 Å². The lowest BCUT2D eigenvalue weighted by atomic mass is 9.52. The molecule has 15 heavy (non-hydrogen) atoms. The van der Waals surface area contributed by atoms with Crippen LogP contribution in [0.2, 0.25) is 0 Å². The van der Waals surface area contributed by atoms with Gasteiger partial charge in [-0.3, -0.25) is 0 Å². The maximum absolute atomic E-state index is 10.3. The second-order valence-electron chi connectivity index (χ2n) is 5.78. The number of ether oxygens (including phenoxy) is 2. The molecule has 4 saturated carbocycles. The van der Waals surface area contributed by atoms with Gasteiger partial charge >= 0.3 is 0 Å². The van der Waals surface area contributed by atoms with E-state index < -0.39 is 0 Å². The summed E-state index contributed by atoms with van der Waals surface area (Å²) in [5.41, 5.74) is 0. The molecule has 5 rings (SSSR count). The Morgan fingerprint density at radius 3 is 2.60 bits per heavy atom. The molecule has 1 heterocycles. The fourth-order valence-electron chi connectivity index (χ4n) is 4.71. The van der Waals surface area contributed by atoms with Crippen molar-refractivity contribution in [2.75, 3.05) is 13.2 Å². The molecule has 3 nitrogen and oxygen atoms in total. The summed E-state index contributed by atoms with van der Waals surface area (Å²) in [4.78, 5) is 0. The Kier molecular flexibility index (Phi) is 1.65. The molecule has 5 fully saturated rings. The highest BCUT2D eigenvalue weighted by Crippen LogP contribution is 2.60. The molecule has 0 radical (unpaired) electrons. The summed E-state index contributed by atoms with van der Waals surface area (Å²) in [6.45, 7) is 1.43. The molecule has 1 saturated heterocycles. The van der Waals surface area contributed by atoms with Crippen molar-refractivity contribution < 1.29 is 14.6 Å². The van der Waals surface area contributed by atoms with Gasteiger partial charge in [0.15, 0.2) is 5.79 Å². The minimum atomic E-state index is -0.382. The van der Waals surface area contributed by atoms with E-state index in [0.29, 0.717) is 11.8 Å². The molecule has 5 aliphatic rings. The van der Waals surface area contributed by atoms with Crippen molar-refractivity contribution in [3.05, 3.63) is 0 Å². The van der Waals surface area contributed by atoms with Gasteiger partial charge < -0.3 is 14.6 Å². The van der Waals surface area contributed by atoms with Gasteiger partial charge in [0.05, 0.1) is 19.3 Å². The first-order valence-corrected chi connectivity index (χ1v) is 6.25. The van der Waals surface area contributed by atoms with Crippen LogP contribution in [-0.4, -0.2) is 30.2 Å². The Hall–Kier alpha value is -0.120. The van der Waals surface area contributed by atoms with E-state index >= 15 is 0 Å². The Balaban J connectivity index is 1.76. The van der Waals surface area contributed by atoms with E-state index in [1.165, 1.54) is 12.8 Å². The van der Waals surface area contributed by atoms with E-state index in [1.54, 1.807) is 0 Å². The molecule has 0 aromatic carbocycles. The molecule has 1 N–H and O–H groups in total. The van der Waals surface area contributed by atoms with Crippen LogP contribution in [0.3, 0.4) is 0 Å². The lowest BCUT2D eigenvalue weighted by Gasteiger charge is -2.60. The standard InChI is InChI=1S/C12H18O3/c13-11-8-3-7-4-9(6-8)12(10(11)5-7)14-1-2-15-12/h7-11,13H,1-6H2. The molecule has 0 aromatic rings. The summed E-state index contributed by atoms with van der Waals surface area (Å²) < 4.78 is 11.8. The molecule has 84 valence electrons. The zero-order valence-electron chi connectivity index (χ0n) is 8.89. The minimum Gasteiger partial charge on any atom is -0.392 e. The Labute approximate surface area is 89.8 Å². The monoisotopic (exact) mass is 210 g/mol. The van der Waals surface area contributed by atoms with Gasteiger partial charge in [-0.15, -0.1) is 0 Å². The van der Waals surface area contributed by atoms with E-state index in [4.69, 9.17) is 9.47 Å². The molecule has 0 aromatic heterocycles. The molecule has 4 bridgehead atoms. The average Bonchev–Trinajstić information content (AvgIpc) is 2.71. The van der Waals surface area contributed by atoms with E-state index in [-0.39, 0.29) is 17.8 Å². The van der Waals surface area contributed by atoms with Crippen LogP contribution in [0.1, 0.15) is 25.7 Å². The first kappa shape index (κ1) is 8.97. The molecular weight excluding hydrogens is 192 g/mol. The number of hydrogen-bond acceptors (Lipinski definition) is 3. The molecule has 5 unspecified atom stereocenters.